The molecular formula is C14H17NO2S. The second-order valence-electron chi connectivity index (χ2n) is 4.26. The van der Waals surface area contributed by atoms with Gasteiger partial charge in [-0.3, -0.25) is 0 Å². The van der Waals surface area contributed by atoms with Crippen LogP contribution in [0.5, 0.6) is 5.75 Å². The molecule has 2 aromatic rings. The number of benzene rings is 1. The number of nitrogens with zero attached hydrogens (tertiary/aromatic N) is 1. The lowest BCUT2D eigenvalue weighted by Gasteiger charge is -2.11. The van der Waals surface area contributed by atoms with Gasteiger partial charge >= 0.3 is 0 Å². The van der Waals surface area contributed by atoms with Gasteiger partial charge in [0.25, 0.3) is 0 Å². The van der Waals surface area contributed by atoms with Crippen LogP contribution in [-0.2, 0) is 6.42 Å². The molecule has 0 amide bonds. The van der Waals surface area contributed by atoms with Crippen molar-refractivity contribution in [2.24, 2.45) is 0 Å². The van der Waals surface area contributed by atoms with Gasteiger partial charge in [0.15, 0.2) is 0 Å². The van der Waals surface area contributed by atoms with E-state index in [2.05, 4.69) is 24.9 Å². The van der Waals surface area contributed by atoms with E-state index in [1.165, 1.54) is 5.56 Å². The molecule has 4 heteroatoms. The first-order chi connectivity index (χ1) is 8.65. The molecule has 0 aliphatic rings. The van der Waals surface area contributed by atoms with E-state index in [0.29, 0.717) is 6.42 Å². The molecule has 0 aliphatic carbocycles. The molecule has 0 fully saturated rings. The summed E-state index contributed by atoms with van der Waals surface area (Å²) >= 11 is 1.57. The minimum Gasteiger partial charge on any atom is -0.496 e. The molecule has 0 radical (unpaired) electrons. The van der Waals surface area contributed by atoms with Gasteiger partial charge in [-0.1, -0.05) is 6.07 Å². The zero-order valence-corrected chi connectivity index (χ0v) is 11.7. The molecule has 3 nitrogen and oxygen atoms in total. The Morgan fingerprint density at radius 2 is 2.11 bits per heavy atom. The SMILES string of the molecule is COc1cc(C)cc(C)c1-c1csc(CCO)n1. The lowest BCUT2D eigenvalue weighted by Crippen LogP contribution is -1.94. The predicted octanol–water partition coefficient (Wildman–Crippen LogP) is 2.97. The number of methoxy groups -OCH3 is 1. The highest BCUT2D eigenvalue weighted by molar-refractivity contribution is 7.09. The maximum atomic E-state index is 8.93. The van der Waals surface area contributed by atoms with E-state index >= 15 is 0 Å². The monoisotopic (exact) mass is 263 g/mol. The third-order valence-corrected chi connectivity index (χ3v) is 3.71. The number of hydrogen-bond donors (Lipinski definition) is 1. The highest BCUT2D eigenvalue weighted by atomic mass is 32.1. The van der Waals surface area contributed by atoms with Crippen molar-refractivity contribution in [2.75, 3.05) is 13.7 Å². The van der Waals surface area contributed by atoms with E-state index in [1.807, 2.05) is 11.4 Å². The number of ether oxygens (including phenoxy) is 1. The fourth-order valence-corrected chi connectivity index (χ4v) is 2.83. The first-order valence-corrected chi connectivity index (χ1v) is 6.74. The van der Waals surface area contributed by atoms with Crippen molar-refractivity contribution < 1.29 is 9.84 Å². The molecule has 0 aliphatic heterocycles. The molecule has 18 heavy (non-hydrogen) atoms. The normalized spacial score (nSPS) is 10.7. The molecule has 0 saturated heterocycles. The van der Waals surface area contributed by atoms with E-state index in [0.717, 1.165) is 27.6 Å². The summed E-state index contributed by atoms with van der Waals surface area (Å²) in [5.74, 6) is 0.855. The Morgan fingerprint density at radius 1 is 1.33 bits per heavy atom. The summed E-state index contributed by atoms with van der Waals surface area (Å²) in [6.07, 6.45) is 0.609. The predicted molar refractivity (Wildman–Crippen MR) is 74.4 cm³/mol. The minimum atomic E-state index is 0.136. The van der Waals surface area contributed by atoms with Crippen LogP contribution in [0.3, 0.4) is 0 Å². The third-order valence-electron chi connectivity index (χ3n) is 2.80. The maximum Gasteiger partial charge on any atom is 0.128 e. The fourth-order valence-electron chi connectivity index (χ4n) is 2.05. The summed E-state index contributed by atoms with van der Waals surface area (Å²) in [4.78, 5) is 4.55. The van der Waals surface area contributed by atoms with Crippen molar-refractivity contribution in [3.63, 3.8) is 0 Å². The summed E-state index contributed by atoms with van der Waals surface area (Å²) in [5, 5.41) is 11.9. The van der Waals surface area contributed by atoms with Gasteiger partial charge in [-0.2, -0.15) is 0 Å². The summed E-state index contributed by atoms with van der Waals surface area (Å²) in [5.41, 5.74) is 4.31. The molecule has 0 atom stereocenters. The van der Waals surface area contributed by atoms with Gasteiger partial charge in [0, 0.05) is 24.0 Å². The van der Waals surface area contributed by atoms with Crippen molar-refractivity contribution in [3.8, 4) is 17.0 Å². The van der Waals surface area contributed by atoms with E-state index in [1.54, 1.807) is 18.4 Å². The first kappa shape index (κ1) is 13.1. The number of aliphatic hydroxyl groups is 1. The van der Waals surface area contributed by atoms with E-state index in [9.17, 15) is 0 Å². The van der Waals surface area contributed by atoms with Gasteiger partial charge in [0.05, 0.1) is 17.8 Å². The standard InChI is InChI=1S/C14H17NO2S/c1-9-6-10(2)14(12(7-9)17-3)11-8-18-13(15-11)4-5-16/h6-8,16H,4-5H2,1-3H3. The van der Waals surface area contributed by atoms with Crippen LogP contribution in [0.15, 0.2) is 17.5 Å². The van der Waals surface area contributed by atoms with Gasteiger partial charge in [-0.15, -0.1) is 11.3 Å². The van der Waals surface area contributed by atoms with Crippen molar-refractivity contribution in [1.29, 1.82) is 0 Å². The summed E-state index contributed by atoms with van der Waals surface area (Å²) in [6, 6.07) is 4.15. The Hall–Kier alpha value is -1.39. The molecule has 0 bridgehead atoms. The zero-order chi connectivity index (χ0) is 13.1. The van der Waals surface area contributed by atoms with Gasteiger partial charge in [-0.05, 0) is 31.0 Å². The number of aliphatic hydroxyl groups excluding tert-OH is 1. The Kier molecular flexibility index (Phi) is 3.99. The summed E-state index contributed by atoms with van der Waals surface area (Å²) in [7, 11) is 1.68. The second kappa shape index (κ2) is 5.50. The van der Waals surface area contributed by atoms with Crippen molar-refractivity contribution >= 4 is 11.3 Å². The highest BCUT2D eigenvalue weighted by Gasteiger charge is 2.13. The lowest BCUT2D eigenvalue weighted by molar-refractivity contribution is 0.299. The largest absolute Gasteiger partial charge is 0.496 e. The number of rotatable bonds is 4. The maximum absolute atomic E-state index is 8.93. The Labute approximate surface area is 111 Å². The van der Waals surface area contributed by atoms with Crippen LogP contribution in [0.4, 0.5) is 0 Å². The molecule has 96 valence electrons. The molecule has 0 unspecified atom stereocenters. The fraction of sp³-hybridized carbons (Fsp3) is 0.357. The average molecular weight is 263 g/mol. The van der Waals surface area contributed by atoms with Crippen molar-refractivity contribution in [2.45, 2.75) is 20.3 Å². The summed E-state index contributed by atoms with van der Waals surface area (Å²) in [6.45, 7) is 4.25. The van der Waals surface area contributed by atoms with Crippen LogP contribution < -0.4 is 4.74 Å². The van der Waals surface area contributed by atoms with Crippen LogP contribution in [-0.4, -0.2) is 23.8 Å². The van der Waals surface area contributed by atoms with Gasteiger partial charge in [-0.25, -0.2) is 4.98 Å². The van der Waals surface area contributed by atoms with Crippen LogP contribution in [0.2, 0.25) is 0 Å². The molecular weight excluding hydrogens is 246 g/mol. The topological polar surface area (TPSA) is 42.4 Å². The van der Waals surface area contributed by atoms with Crippen molar-refractivity contribution in [3.05, 3.63) is 33.6 Å². The van der Waals surface area contributed by atoms with Crippen LogP contribution in [0, 0.1) is 13.8 Å². The second-order valence-corrected chi connectivity index (χ2v) is 5.20. The molecule has 1 aromatic heterocycles. The van der Waals surface area contributed by atoms with Gasteiger partial charge < -0.3 is 9.84 Å². The summed E-state index contributed by atoms with van der Waals surface area (Å²) < 4.78 is 5.45. The zero-order valence-electron chi connectivity index (χ0n) is 10.9. The lowest BCUT2D eigenvalue weighted by atomic mass is 10.0. The Morgan fingerprint density at radius 3 is 2.78 bits per heavy atom. The van der Waals surface area contributed by atoms with Crippen LogP contribution in [0.1, 0.15) is 16.1 Å². The van der Waals surface area contributed by atoms with Crippen LogP contribution in [0.25, 0.3) is 11.3 Å². The smallest absolute Gasteiger partial charge is 0.128 e. The van der Waals surface area contributed by atoms with Crippen molar-refractivity contribution in [1.82, 2.24) is 4.98 Å². The average Bonchev–Trinajstić information content (AvgIpc) is 2.76. The Bertz CT molecular complexity index is 549. The highest BCUT2D eigenvalue weighted by Crippen LogP contribution is 2.34. The molecule has 0 spiro atoms. The van der Waals surface area contributed by atoms with E-state index in [4.69, 9.17) is 9.84 Å². The molecule has 1 N–H and O–H groups in total. The number of thiazole rings is 1. The van der Waals surface area contributed by atoms with Gasteiger partial charge in [0.1, 0.15) is 5.75 Å². The van der Waals surface area contributed by atoms with Crippen LogP contribution >= 0.6 is 11.3 Å². The first-order valence-electron chi connectivity index (χ1n) is 5.86. The molecule has 2 rings (SSSR count). The number of hydrogen-bond acceptors (Lipinski definition) is 4. The van der Waals surface area contributed by atoms with E-state index < -0.39 is 0 Å². The molecule has 1 heterocycles. The minimum absolute atomic E-state index is 0.136. The number of aromatic nitrogens is 1. The number of aryl methyl sites for hydroxylation is 2. The molecule has 0 saturated carbocycles. The Balaban J connectivity index is 2.48. The van der Waals surface area contributed by atoms with Gasteiger partial charge in [0.2, 0.25) is 0 Å². The third kappa shape index (κ3) is 2.54. The molecule has 1 aromatic carbocycles. The van der Waals surface area contributed by atoms with E-state index in [-0.39, 0.29) is 6.61 Å². The quantitative estimate of drug-likeness (QED) is 0.922.